The van der Waals surface area contributed by atoms with E-state index in [2.05, 4.69) is 20.6 Å². The molecule has 0 saturated heterocycles. The van der Waals surface area contributed by atoms with Crippen molar-refractivity contribution in [2.45, 2.75) is 6.54 Å². The number of nitrogens with one attached hydrogen (secondary N) is 2. The SMILES string of the molecule is COc1ccc(Cl)c(Nc2nc3ccccc3nc2N(c2ccc(CN)c(NC(=O)CN(C)C)c2)S(=O)[O-])c1. The fourth-order valence-corrected chi connectivity index (χ4v) is 4.53. The van der Waals surface area contributed by atoms with Gasteiger partial charge in [0.15, 0.2) is 11.6 Å². The van der Waals surface area contributed by atoms with Crippen LogP contribution in [0.4, 0.5) is 28.7 Å². The topological polar surface area (TPSA) is 149 Å². The minimum atomic E-state index is -2.84. The van der Waals surface area contributed by atoms with Gasteiger partial charge in [-0.25, -0.2) is 9.97 Å². The van der Waals surface area contributed by atoms with Crippen LogP contribution in [0.3, 0.4) is 0 Å². The monoisotopic (exact) mass is 568 g/mol. The highest BCUT2D eigenvalue weighted by Crippen LogP contribution is 2.37. The third-order valence-corrected chi connectivity index (χ3v) is 6.61. The van der Waals surface area contributed by atoms with Gasteiger partial charge in [0.05, 0.1) is 52.4 Å². The molecule has 1 atom stereocenters. The van der Waals surface area contributed by atoms with Gasteiger partial charge >= 0.3 is 0 Å². The number of likely N-dealkylation sites (N-methyl/N-ethyl adjacent to an activating group) is 1. The van der Waals surface area contributed by atoms with Crippen molar-refractivity contribution < 1.29 is 18.3 Å². The van der Waals surface area contributed by atoms with E-state index in [1.54, 1.807) is 73.6 Å². The number of nitrogens with zero attached hydrogens (tertiary/aromatic N) is 4. The Morgan fingerprint density at radius 1 is 1.08 bits per heavy atom. The fourth-order valence-electron chi connectivity index (χ4n) is 3.81. The first-order valence-electron chi connectivity index (χ1n) is 11.7. The highest BCUT2D eigenvalue weighted by Gasteiger charge is 2.22. The van der Waals surface area contributed by atoms with Crippen molar-refractivity contribution in [2.24, 2.45) is 5.73 Å². The lowest BCUT2D eigenvalue weighted by Crippen LogP contribution is -2.28. The number of amides is 1. The van der Waals surface area contributed by atoms with Crippen LogP contribution < -0.4 is 25.4 Å². The standard InChI is InChI=1S/C26H28ClN7O4S/c1-33(2)15-24(35)29-22-12-17(9-8-16(22)14-28)34(39(36)37)26-25(30-20-6-4-5-7-21(20)32-26)31-23-13-18(38-3)10-11-19(23)27/h4-13H,14-15,28H2,1-3H3,(H,29,35)(H,30,31)(H,36,37)/p-1. The number of para-hydroxylation sites is 2. The van der Waals surface area contributed by atoms with E-state index in [0.29, 0.717) is 38.7 Å². The van der Waals surface area contributed by atoms with Crippen LogP contribution in [-0.2, 0) is 22.6 Å². The number of aromatic nitrogens is 2. The molecule has 0 saturated carbocycles. The normalized spacial score (nSPS) is 11.9. The van der Waals surface area contributed by atoms with E-state index < -0.39 is 11.3 Å². The van der Waals surface area contributed by atoms with Crippen LogP contribution in [0.2, 0.25) is 5.02 Å². The van der Waals surface area contributed by atoms with Crippen molar-refractivity contribution >= 4 is 68.5 Å². The zero-order valence-corrected chi connectivity index (χ0v) is 23.0. The van der Waals surface area contributed by atoms with Crippen LogP contribution in [0.15, 0.2) is 60.7 Å². The summed E-state index contributed by atoms with van der Waals surface area (Å²) in [4.78, 5) is 23.5. The largest absolute Gasteiger partial charge is 0.755 e. The molecule has 0 aliphatic heterocycles. The van der Waals surface area contributed by atoms with Crippen LogP contribution in [0.25, 0.3) is 11.0 Å². The van der Waals surface area contributed by atoms with Gasteiger partial charge in [0.2, 0.25) is 5.91 Å². The average molecular weight is 569 g/mol. The zero-order valence-electron chi connectivity index (χ0n) is 21.5. The number of hydrogen-bond acceptors (Lipinski definition) is 9. The van der Waals surface area contributed by atoms with Crippen molar-refractivity contribution in [3.05, 3.63) is 71.2 Å². The van der Waals surface area contributed by atoms with E-state index in [0.717, 1.165) is 4.31 Å². The molecule has 1 aromatic heterocycles. The van der Waals surface area contributed by atoms with Crippen LogP contribution in [-0.4, -0.2) is 57.3 Å². The summed E-state index contributed by atoms with van der Waals surface area (Å²) in [6, 6.07) is 16.8. The van der Waals surface area contributed by atoms with Crippen molar-refractivity contribution in [2.75, 3.05) is 42.7 Å². The number of benzene rings is 3. The number of methoxy groups -OCH3 is 1. The molecular weight excluding hydrogens is 542 g/mol. The number of halogens is 1. The molecule has 4 N–H and O–H groups in total. The zero-order chi connectivity index (χ0) is 28.1. The predicted molar refractivity (Wildman–Crippen MR) is 153 cm³/mol. The maximum atomic E-state index is 12.7. The average Bonchev–Trinajstić information content (AvgIpc) is 2.89. The predicted octanol–water partition coefficient (Wildman–Crippen LogP) is 3.93. The molecule has 0 spiro atoms. The Kier molecular flexibility index (Phi) is 8.94. The summed E-state index contributed by atoms with van der Waals surface area (Å²) in [6.45, 7) is 0.270. The van der Waals surface area contributed by atoms with Crippen molar-refractivity contribution in [3.63, 3.8) is 0 Å². The number of rotatable bonds is 10. The number of ether oxygens (including phenoxy) is 1. The van der Waals surface area contributed by atoms with Crippen LogP contribution in [0.1, 0.15) is 5.56 Å². The molecule has 1 heterocycles. The number of fused-ring (bicyclic) bond motifs is 1. The Hall–Kier alpha value is -3.81. The van der Waals surface area contributed by atoms with Crippen molar-refractivity contribution in [1.82, 2.24) is 14.9 Å². The third-order valence-electron chi connectivity index (χ3n) is 5.60. The lowest BCUT2D eigenvalue weighted by Gasteiger charge is -2.28. The first-order valence-corrected chi connectivity index (χ1v) is 13.2. The number of hydrogen-bond donors (Lipinski definition) is 3. The quantitative estimate of drug-likeness (QED) is 0.242. The molecule has 0 radical (unpaired) electrons. The third kappa shape index (κ3) is 6.61. The lowest BCUT2D eigenvalue weighted by molar-refractivity contribution is -0.116. The highest BCUT2D eigenvalue weighted by molar-refractivity contribution is 7.81. The Balaban J connectivity index is 1.86. The van der Waals surface area contributed by atoms with Gasteiger partial charge in [-0.3, -0.25) is 13.3 Å². The van der Waals surface area contributed by atoms with E-state index in [9.17, 15) is 13.6 Å². The van der Waals surface area contributed by atoms with Gasteiger partial charge in [-0.05, 0) is 56.1 Å². The second kappa shape index (κ2) is 12.4. The highest BCUT2D eigenvalue weighted by atomic mass is 35.5. The Morgan fingerprint density at radius 2 is 1.79 bits per heavy atom. The Bertz CT molecular complexity index is 1540. The number of carbonyl (C=O) groups is 1. The second-order valence-electron chi connectivity index (χ2n) is 8.70. The van der Waals surface area contributed by atoms with Gasteiger partial charge in [-0.15, -0.1) is 0 Å². The van der Waals surface area contributed by atoms with Gasteiger partial charge in [-0.1, -0.05) is 29.8 Å². The summed E-state index contributed by atoms with van der Waals surface area (Å²) in [5, 5.41) is 6.28. The summed E-state index contributed by atoms with van der Waals surface area (Å²) in [5.41, 5.74) is 8.56. The molecule has 0 fully saturated rings. The molecule has 11 nitrogen and oxygen atoms in total. The van der Waals surface area contributed by atoms with E-state index in [1.807, 2.05) is 0 Å². The fraction of sp³-hybridized carbons (Fsp3) is 0.192. The van der Waals surface area contributed by atoms with Crippen molar-refractivity contribution in [1.29, 1.82) is 0 Å². The summed E-state index contributed by atoms with van der Waals surface area (Å²) in [7, 11) is 5.06. The lowest BCUT2D eigenvalue weighted by atomic mass is 10.1. The smallest absolute Gasteiger partial charge is 0.238 e. The van der Waals surface area contributed by atoms with Gasteiger partial charge in [-0.2, -0.15) is 0 Å². The van der Waals surface area contributed by atoms with E-state index in [-0.39, 0.29) is 36.3 Å². The molecule has 3 aromatic carbocycles. The van der Waals surface area contributed by atoms with E-state index in [4.69, 9.17) is 22.1 Å². The number of anilines is 5. The minimum absolute atomic E-state index is 0.00742. The van der Waals surface area contributed by atoms with E-state index in [1.165, 1.54) is 13.2 Å². The van der Waals surface area contributed by atoms with Gasteiger partial charge in [0, 0.05) is 18.3 Å². The number of carbonyl (C=O) groups excluding carboxylic acids is 1. The second-order valence-corrected chi connectivity index (χ2v) is 9.90. The van der Waals surface area contributed by atoms with Crippen LogP contribution >= 0.6 is 11.6 Å². The molecule has 0 aliphatic carbocycles. The summed E-state index contributed by atoms with van der Waals surface area (Å²) < 4.78 is 31.7. The molecule has 4 aromatic rings. The maximum absolute atomic E-state index is 12.7. The van der Waals surface area contributed by atoms with Crippen LogP contribution in [0, 0.1) is 0 Å². The molecule has 13 heteroatoms. The number of nitrogens with two attached hydrogens (primary N) is 1. The maximum Gasteiger partial charge on any atom is 0.238 e. The molecule has 1 amide bonds. The van der Waals surface area contributed by atoms with Crippen LogP contribution in [0.5, 0.6) is 5.75 Å². The molecule has 39 heavy (non-hydrogen) atoms. The molecular formula is C26H27ClN7O4S-. The summed E-state index contributed by atoms with van der Waals surface area (Å²) >= 11 is 3.58. The summed E-state index contributed by atoms with van der Waals surface area (Å²) in [6.07, 6.45) is 0. The molecule has 1 unspecified atom stereocenters. The molecule has 204 valence electrons. The Labute approximate surface area is 233 Å². The van der Waals surface area contributed by atoms with Gasteiger partial charge < -0.3 is 30.6 Å². The molecule has 0 aliphatic rings. The Morgan fingerprint density at radius 3 is 2.44 bits per heavy atom. The van der Waals surface area contributed by atoms with Gasteiger partial charge in [0.25, 0.3) is 0 Å². The summed E-state index contributed by atoms with van der Waals surface area (Å²) in [5.74, 6) is 0.389. The first-order chi connectivity index (χ1) is 18.7. The minimum Gasteiger partial charge on any atom is -0.755 e. The van der Waals surface area contributed by atoms with E-state index >= 15 is 0 Å². The van der Waals surface area contributed by atoms with Gasteiger partial charge in [0.1, 0.15) is 5.75 Å². The van der Waals surface area contributed by atoms with Crippen molar-refractivity contribution in [3.8, 4) is 5.75 Å². The molecule has 4 rings (SSSR count). The first kappa shape index (κ1) is 28.2. The molecule has 0 bridgehead atoms.